The summed E-state index contributed by atoms with van der Waals surface area (Å²) in [5.41, 5.74) is 2.89. The largest absolute Gasteiger partial charge is 0.468 e. The summed E-state index contributed by atoms with van der Waals surface area (Å²) in [6, 6.07) is 18.1. The van der Waals surface area contributed by atoms with Crippen LogP contribution in [0.15, 0.2) is 54.6 Å². The number of carbonyl (C=O) groups excluding carboxylic acids is 2. The Morgan fingerprint density at radius 3 is 2.57 bits per heavy atom. The number of nitrogens with one attached hydrogen (secondary N) is 1. The van der Waals surface area contributed by atoms with Gasteiger partial charge in [-0.05, 0) is 36.8 Å². The highest BCUT2D eigenvalue weighted by molar-refractivity contribution is 5.95. The van der Waals surface area contributed by atoms with Crippen LogP contribution < -0.4 is 5.32 Å². The molecule has 4 rings (SSSR count). The number of rotatable bonds is 6. The van der Waals surface area contributed by atoms with E-state index in [1.54, 1.807) is 0 Å². The van der Waals surface area contributed by atoms with Gasteiger partial charge < -0.3 is 10.1 Å². The first kappa shape index (κ1) is 20.6. The van der Waals surface area contributed by atoms with Gasteiger partial charge in [-0.2, -0.15) is 0 Å². The molecule has 2 aliphatic rings. The highest BCUT2D eigenvalue weighted by atomic mass is 16.5. The first-order valence-electron chi connectivity index (χ1n) is 10.9. The summed E-state index contributed by atoms with van der Waals surface area (Å²) < 4.78 is 5.06. The second kappa shape index (κ2) is 9.43. The summed E-state index contributed by atoms with van der Waals surface area (Å²) in [5, 5.41) is 3.08. The summed E-state index contributed by atoms with van der Waals surface area (Å²) in [6.07, 6.45) is 5.93. The molecule has 1 aliphatic heterocycles. The lowest BCUT2D eigenvalue weighted by molar-refractivity contribution is -0.146. The lowest BCUT2D eigenvalue weighted by atomic mass is 9.85. The molecule has 1 saturated carbocycles. The molecule has 1 N–H and O–H groups in total. The second-order valence-electron chi connectivity index (χ2n) is 8.33. The standard InChI is InChI=1S/C25H30N2O3/c1-30-25(29)23-17-19-11-5-8-14-22(19)27(23)16-15-24(28)26-21-13-7-6-12-20(21)18-9-3-2-4-10-18/h2-4,6-7,9-10,12-13,19,22-23H,5,8,11,14-17H2,1H3,(H,26,28). The van der Waals surface area contributed by atoms with Crippen molar-refractivity contribution in [3.8, 4) is 11.1 Å². The van der Waals surface area contributed by atoms with Gasteiger partial charge in [-0.1, -0.05) is 61.4 Å². The van der Waals surface area contributed by atoms with Crippen LogP contribution in [-0.4, -0.2) is 42.5 Å². The van der Waals surface area contributed by atoms with Crippen molar-refractivity contribution in [3.63, 3.8) is 0 Å². The second-order valence-corrected chi connectivity index (χ2v) is 8.33. The van der Waals surface area contributed by atoms with Gasteiger partial charge in [0.2, 0.25) is 5.91 Å². The van der Waals surface area contributed by atoms with Gasteiger partial charge in [-0.3, -0.25) is 14.5 Å². The van der Waals surface area contributed by atoms with E-state index in [0.29, 0.717) is 24.9 Å². The average molecular weight is 407 g/mol. The quantitative estimate of drug-likeness (QED) is 0.718. The Hall–Kier alpha value is -2.66. The minimum atomic E-state index is -0.215. The third-order valence-electron chi connectivity index (χ3n) is 6.58. The van der Waals surface area contributed by atoms with Gasteiger partial charge in [0.1, 0.15) is 6.04 Å². The number of anilines is 1. The lowest BCUT2D eigenvalue weighted by Gasteiger charge is -2.33. The number of hydrogen-bond acceptors (Lipinski definition) is 4. The van der Waals surface area contributed by atoms with Gasteiger partial charge in [0.05, 0.1) is 7.11 Å². The zero-order chi connectivity index (χ0) is 20.9. The number of hydrogen-bond donors (Lipinski definition) is 1. The maximum atomic E-state index is 12.8. The maximum Gasteiger partial charge on any atom is 0.323 e. The predicted molar refractivity (Wildman–Crippen MR) is 118 cm³/mol. The van der Waals surface area contributed by atoms with Crippen molar-refractivity contribution >= 4 is 17.6 Å². The zero-order valence-corrected chi connectivity index (χ0v) is 17.5. The monoisotopic (exact) mass is 406 g/mol. The summed E-state index contributed by atoms with van der Waals surface area (Å²) in [6.45, 7) is 0.584. The molecular formula is C25H30N2O3. The van der Waals surface area contributed by atoms with Gasteiger partial charge in [0.15, 0.2) is 0 Å². The van der Waals surface area contributed by atoms with Gasteiger partial charge in [0, 0.05) is 30.3 Å². The van der Waals surface area contributed by atoms with Crippen LogP contribution in [0.3, 0.4) is 0 Å². The van der Waals surface area contributed by atoms with Crippen molar-refractivity contribution in [3.05, 3.63) is 54.6 Å². The fraction of sp³-hybridized carbons (Fsp3) is 0.440. The van der Waals surface area contributed by atoms with Crippen molar-refractivity contribution in [2.45, 2.75) is 50.6 Å². The molecule has 1 saturated heterocycles. The molecule has 0 aromatic heterocycles. The smallest absolute Gasteiger partial charge is 0.323 e. The molecule has 0 bridgehead atoms. The Balaban J connectivity index is 1.43. The lowest BCUT2D eigenvalue weighted by Crippen LogP contribution is -2.44. The third kappa shape index (κ3) is 4.41. The Morgan fingerprint density at radius 1 is 1.03 bits per heavy atom. The summed E-state index contributed by atoms with van der Waals surface area (Å²) in [4.78, 5) is 27.4. The van der Waals surface area contributed by atoms with Crippen LogP contribution in [0.2, 0.25) is 0 Å². The average Bonchev–Trinajstić information content (AvgIpc) is 3.17. The van der Waals surface area contributed by atoms with E-state index >= 15 is 0 Å². The van der Waals surface area contributed by atoms with Crippen molar-refractivity contribution in [2.75, 3.05) is 19.0 Å². The number of benzene rings is 2. The zero-order valence-electron chi connectivity index (χ0n) is 17.5. The van der Waals surface area contributed by atoms with Crippen LogP contribution in [0, 0.1) is 5.92 Å². The number of amides is 1. The molecule has 5 nitrogen and oxygen atoms in total. The number of fused-ring (bicyclic) bond motifs is 1. The molecule has 0 spiro atoms. The van der Waals surface area contributed by atoms with Crippen LogP contribution in [0.25, 0.3) is 11.1 Å². The Labute approximate surface area is 178 Å². The van der Waals surface area contributed by atoms with Crippen molar-refractivity contribution < 1.29 is 14.3 Å². The van der Waals surface area contributed by atoms with Crippen molar-refractivity contribution in [1.29, 1.82) is 0 Å². The van der Waals surface area contributed by atoms with E-state index in [0.717, 1.165) is 29.7 Å². The molecule has 2 fully saturated rings. The SMILES string of the molecule is COC(=O)C1CC2CCCCC2N1CCC(=O)Nc1ccccc1-c1ccccc1. The molecule has 30 heavy (non-hydrogen) atoms. The number of para-hydroxylation sites is 1. The Bertz CT molecular complexity index is 883. The molecule has 3 atom stereocenters. The van der Waals surface area contributed by atoms with E-state index in [2.05, 4.69) is 10.2 Å². The normalized spacial score (nSPS) is 23.6. The predicted octanol–water partition coefficient (Wildman–Crippen LogP) is 4.49. The summed E-state index contributed by atoms with van der Waals surface area (Å²) >= 11 is 0. The fourth-order valence-corrected chi connectivity index (χ4v) is 5.15. The van der Waals surface area contributed by atoms with E-state index in [4.69, 9.17) is 4.74 Å². The van der Waals surface area contributed by atoms with Crippen molar-refractivity contribution in [1.82, 2.24) is 4.90 Å². The summed E-state index contributed by atoms with van der Waals surface area (Å²) in [7, 11) is 1.45. The van der Waals surface area contributed by atoms with Gasteiger partial charge in [0.25, 0.3) is 0 Å². The van der Waals surface area contributed by atoms with Crippen LogP contribution >= 0.6 is 0 Å². The maximum absolute atomic E-state index is 12.8. The molecule has 2 aromatic rings. The number of likely N-dealkylation sites (tertiary alicyclic amines) is 1. The third-order valence-corrected chi connectivity index (χ3v) is 6.58. The molecule has 1 amide bonds. The number of methoxy groups -OCH3 is 1. The molecule has 1 heterocycles. The number of ether oxygens (including phenoxy) is 1. The molecule has 2 aromatic carbocycles. The van der Waals surface area contributed by atoms with Crippen molar-refractivity contribution in [2.24, 2.45) is 5.92 Å². The van der Waals surface area contributed by atoms with E-state index in [9.17, 15) is 9.59 Å². The summed E-state index contributed by atoms with van der Waals surface area (Å²) in [5.74, 6) is 0.352. The number of nitrogens with zero attached hydrogens (tertiary/aromatic N) is 1. The van der Waals surface area contributed by atoms with E-state index in [-0.39, 0.29) is 17.9 Å². The molecule has 1 aliphatic carbocycles. The highest BCUT2D eigenvalue weighted by Gasteiger charge is 2.45. The minimum absolute atomic E-state index is 0.0266. The Kier molecular flexibility index (Phi) is 6.48. The molecule has 5 heteroatoms. The topological polar surface area (TPSA) is 58.6 Å². The highest BCUT2D eigenvalue weighted by Crippen LogP contribution is 2.40. The van der Waals surface area contributed by atoms with E-state index in [1.165, 1.54) is 26.4 Å². The minimum Gasteiger partial charge on any atom is -0.468 e. The van der Waals surface area contributed by atoms with Crippen LogP contribution in [0.4, 0.5) is 5.69 Å². The molecular weight excluding hydrogens is 376 g/mol. The Morgan fingerprint density at radius 2 is 1.77 bits per heavy atom. The van der Waals surface area contributed by atoms with Crippen LogP contribution in [0.5, 0.6) is 0 Å². The van der Waals surface area contributed by atoms with E-state index < -0.39 is 0 Å². The van der Waals surface area contributed by atoms with E-state index in [1.807, 2.05) is 54.6 Å². The fourth-order valence-electron chi connectivity index (χ4n) is 5.15. The van der Waals surface area contributed by atoms with Gasteiger partial charge >= 0.3 is 5.97 Å². The van der Waals surface area contributed by atoms with Crippen LogP contribution in [0.1, 0.15) is 38.5 Å². The molecule has 3 unspecified atom stereocenters. The first-order valence-corrected chi connectivity index (χ1v) is 10.9. The number of esters is 1. The first-order chi connectivity index (χ1) is 14.7. The van der Waals surface area contributed by atoms with Gasteiger partial charge in [-0.25, -0.2) is 0 Å². The van der Waals surface area contributed by atoms with Crippen LogP contribution in [-0.2, 0) is 14.3 Å². The molecule has 0 radical (unpaired) electrons. The van der Waals surface area contributed by atoms with Gasteiger partial charge in [-0.15, -0.1) is 0 Å². The number of carbonyl (C=O) groups is 2. The molecule has 158 valence electrons.